The van der Waals surface area contributed by atoms with E-state index in [-0.39, 0.29) is 5.91 Å². The van der Waals surface area contributed by atoms with Gasteiger partial charge in [0.2, 0.25) is 5.91 Å². The number of nitrogens with two attached hydrogens (primary N) is 1. The van der Waals surface area contributed by atoms with Gasteiger partial charge in [-0.2, -0.15) is 0 Å². The van der Waals surface area contributed by atoms with Crippen molar-refractivity contribution in [2.45, 2.75) is 19.3 Å². The first kappa shape index (κ1) is 19.5. The van der Waals surface area contributed by atoms with Gasteiger partial charge in [0.15, 0.2) is 11.5 Å². The fourth-order valence-corrected chi connectivity index (χ4v) is 3.37. The predicted molar refractivity (Wildman–Crippen MR) is 109 cm³/mol. The summed E-state index contributed by atoms with van der Waals surface area (Å²) >= 11 is 0. The van der Waals surface area contributed by atoms with E-state index < -0.39 is 5.91 Å². The number of nitrogens with zero attached hydrogens (tertiary/aromatic N) is 1. The summed E-state index contributed by atoms with van der Waals surface area (Å²) in [5, 5.41) is 2.92. The van der Waals surface area contributed by atoms with E-state index in [2.05, 4.69) is 10.2 Å². The highest BCUT2D eigenvalue weighted by molar-refractivity contribution is 6.07. The van der Waals surface area contributed by atoms with Crippen LogP contribution in [0.4, 0.5) is 11.4 Å². The molecular weight excluding hydrogens is 358 g/mol. The van der Waals surface area contributed by atoms with Crippen LogP contribution in [-0.2, 0) is 0 Å². The van der Waals surface area contributed by atoms with Crippen molar-refractivity contribution in [3.8, 4) is 11.5 Å². The number of benzene rings is 2. The summed E-state index contributed by atoms with van der Waals surface area (Å²) in [4.78, 5) is 26.7. The van der Waals surface area contributed by atoms with E-state index in [0.29, 0.717) is 28.3 Å². The van der Waals surface area contributed by atoms with Gasteiger partial charge in [0.05, 0.1) is 25.6 Å². The van der Waals surface area contributed by atoms with Gasteiger partial charge in [0, 0.05) is 24.2 Å². The molecule has 0 atom stereocenters. The number of primary amides is 1. The van der Waals surface area contributed by atoms with Crippen LogP contribution in [0.2, 0.25) is 0 Å². The average molecular weight is 383 g/mol. The first-order chi connectivity index (χ1) is 13.5. The maximum absolute atomic E-state index is 12.9. The Kier molecular flexibility index (Phi) is 6.03. The lowest BCUT2D eigenvalue weighted by molar-refractivity contribution is 0.0996. The van der Waals surface area contributed by atoms with Gasteiger partial charge >= 0.3 is 0 Å². The summed E-state index contributed by atoms with van der Waals surface area (Å²) in [6.45, 7) is 1.82. The highest BCUT2D eigenvalue weighted by Gasteiger charge is 2.19. The zero-order valence-corrected chi connectivity index (χ0v) is 16.2. The van der Waals surface area contributed by atoms with Crippen LogP contribution in [0.5, 0.6) is 11.5 Å². The fraction of sp³-hybridized carbons (Fsp3) is 0.333. The minimum Gasteiger partial charge on any atom is -0.493 e. The van der Waals surface area contributed by atoms with Crippen LogP contribution < -0.4 is 25.4 Å². The molecule has 28 heavy (non-hydrogen) atoms. The molecule has 1 aliphatic rings. The van der Waals surface area contributed by atoms with E-state index in [1.807, 2.05) is 6.07 Å². The van der Waals surface area contributed by atoms with E-state index >= 15 is 0 Å². The molecule has 3 rings (SSSR count). The van der Waals surface area contributed by atoms with Gasteiger partial charge in [0.1, 0.15) is 0 Å². The lowest BCUT2D eigenvalue weighted by atomic mass is 10.1. The number of hydrogen-bond donors (Lipinski definition) is 2. The van der Waals surface area contributed by atoms with Crippen LogP contribution in [0.3, 0.4) is 0 Å². The largest absolute Gasteiger partial charge is 0.493 e. The molecule has 2 aromatic carbocycles. The molecule has 1 aliphatic heterocycles. The highest BCUT2D eigenvalue weighted by atomic mass is 16.5. The molecule has 0 aliphatic carbocycles. The lowest BCUT2D eigenvalue weighted by Crippen LogP contribution is -2.30. The van der Waals surface area contributed by atoms with Gasteiger partial charge < -0.3 is 25.4 Å². The summed E-state index contributed by atoms with van der Waals surface area (Å²) in [6.07, 6.45) is 3.39. The topological polar surface area (TPSA) is 93.9 Å². The average Bonchev–Trinajstić information content (AvgIpc) is 2.73. The van der Waals surface area contributed by atoms with Crippen LogP contribution >= 0.6 is 0 Å². The number of amides is 2. The highest BCUT2D eigenvalue weighted by Crippen LogP contribution is 2.31. The third-order valence-corrected chi connectivity index (χ3v) is 4.87. The Morgan fingerprint density at radius 3 is 2.25 bits per heavy atom. The standard InChI is InChI=1S/C21H25N3O4/c1-27-18-9-7-15(13-19(18)28-2)21(26)23-16-12-14(20(22)25)6-8-17(16)24-10-4-3-5-11-24/h6-9,12-13H,3-5,10-11H2,1-2H3,(H2,22,25)(H,23,26). The second-order valence-corrected chi connectivity index (χ2v) is 6.67. The smallest absolute Gasteiger partial charge is 0.255 e. The number of anilines is 2. The molecule has 7 heteroatoms. The van der Waals surface area contributed by atoms with Crippen molar-refractivity contribution >= 4 is 23.2 Å². The van der Waals surface area contributed by atoms with Gasteiger partial charge in [-0.25, -0.2) is 0 Å². The number of carbonyl (C=O) groups is 2. The Morgan fingerprint density at radius 2 is 1.61 bits per heavy atom. The summed E-state index contributed by atoms with van der Waals surface area (Å²) < 4.78 is 10.5. The Hall–Kier alpha value is -3.22. The molecule has 1 saturated heterocycles. The number of hydrogen-bond acceptors (Lipinski definition) is 5. The Bertz CT molecular complexity index is 876. The summed E-state index contributed by atoms with van der Waals surface area (Å²) in [5.74, 6) is 0.175. The molecule has 0 bridgehead atoms. The van der Waals surface area contributed by atoms with Gasteiger partial charge in [0.25, 0.3) is 5.91 Å². The molecule has 1 fully saturated rings. The van der Waals surface area contributed by atoms with E-state index in [0.717, 1.165) is 31.6 Å². The first-order valence-corrected chi connectivity index (χ1v) is 9.25. The minimum atomic E-state index is -0.535. The van der Waals surface area contributed by atoms with Crippen molar-refractivity contribution < 1.29 is 19.1 Å². The summed E-state index contributed by atoms with van der Waals surface area (Å²) in [5.41, 5.74) is 7.66. The lowest BCUT2D eigenvalue weighted by Gasteiger charge is -2.30. The second-order valence-electron chi connectivity index (χ2n) is 6.67. The van der Waals surface area contributed by atoms with Crippen LogP contribution in [-0.4, -0.2) is 39.1 Å². The van der Waals surface area contributed by atoms with E-state index in [9.17, 15) is 9.59 Å². The fourth-order valence-electron chi connectivity index (χ4n) is 3.37. The van der Waals surface area contributed by atoms with Gasteiger partial charge in [-0.3, -0.25) is 9.59 Å². The molecule has 0 spiro atoms. The molecule has 0 aromatic heterocycles. The quantitative estimate of drug-likeness (QED) is 0.800. The zero-order valence-electron chi connectivity index (χ0n) is 16.2. The Labute approximate surface area is 164 Å². The van der Waals surface area contributed by atoms with Crippen LogP contribution in [0.15, 0.2) is 36.4 Å². The Morgan fingerprint density at radius 1 is 0.929 bits per heavy atom. The molecule has 1 heterocycles. The van der Waals surface area contributed by atoms with Crippen molar-refractivity contribution in [1.29, 1.82) is 0 Å². The van der Waals surface area contributed by atoms with Gasteiger partial charge in [-0.05, 0) is 55.7 Å². The van der Waals surface area contributed by atoms with Crippen LogP contribution in [0.1, 0.15) is 40.0 Å². The van der Waals surface area contributed by atoms with E-state index in [1.165, 1.54) is 20.6 Å². The monoisotopic (exact) mass is 383 g/mol. The second kappa shape index (κ2) is 8.65. The van der Waals surface area contributed by atoms with Gasteiger partial charge in [-0.1, -0.05) is 0 Å². The molecule has 2 amide bonds. The van der Waals surface area contributed by atoms with Crippen molar-refractivity contribution in [3.63, 3.8) is 0 Å². The third-order valence-electron chi connectivity index (χ3n) is 4.87. The van der Waals surface area contributed by atoms with Crippen LogP contribution in [0, 0.1) is 0 Å². The number of piperidine rings is 1. The van der Waals surface area contributed by atoms with E-state index in [1.54, 1.807) is 30.3 Å². The van der Waals surface area contributed by atoms with Crippen molar-refractivity contribution in [2.24, 2.45) is 5.73 Å². The maximum atomic E-state index is 12.9. The summed E-state index contributed by atoms with van der Waals surface area (Å²) in [7, 11) is 3.06. The zero-order chi connectivity index (χ0) is 20.1. The molecular formula is C21H25N3O4. The number of nitrogens with one attached hydrogen (secondary N) is 1. The van der Waals surface area contributed by atoms with Gasteiger partial charge in [-0.15, -0.1) is 0 Å². The number of rotatable bonds is 6. The Balaban J connectivity index is 1.92. The number of methoxy groups -OCH3 is 2. The molecule has 0 radical (unpaired) electrons. The molecule has 3 N–H and O–H groups in total. The first-order valence-electron chi connectivity index (χ1n) is 9.25. The number of carbonyl (C=O) groups excluding carboxylic acids is 2. The molecule has 0 unspecified atom stereocenters. The van der Waals surface area contributed by atoms with Crippen LogP contribution in [0.25, 0.3) is 0 Å². The maximum Gasteiger partial charge on any atom is 0.255 e. The molecule has 0 saturated carbocycles. The predicted octanol–water partition coefficient (Wildman–Crippen LogP) is 3.05. The third kappa shape index (κ3) is 4.19. The van der Waals surface area contributed by atoms with Crippen molar-refractivity contribution in [2.75, 3.05) is 37.5 Å². The number of ether oxygens (including phenoxy) is 2. The SMILES string of the molecule is COc1ccc(C(=O)Nc2cc(C(N)=O)ccc2N2CCCCC2)cc1OC. The molecule has 7 nitrogen and oxygen atoms in total. The van der Waals surface area contributed by atoms with Crippen molar-refractivity contribution in [3.05, 3.63) is 47.5 Å². The molecule has 2 aromatic rings. The van der Waals surface area contributed by atoms with E-state index in [4.69, 9.17) is 15.2 Å². The normalized spacial score (nSPS) is 13.7. The summed E-state index contributed by atoms with van der Waals surface area (Å²) in [6, 6.07) is 10.1. The van der Waals surface area contributed by atoms with Crippen molar-refractivity contribution in [1.82, 2.24) is 0 Å². The molecule has 148 valence electrons. The minimum absolute atomic E-state index is 0.305.